The molecule has 0 radical (unpaired) electrons. The van der Waals surface area contributed by atoms with Gasteiger partial charge in [0.15, 0.2) is 0 Å². The van der Waals surface area contributed by atoms with E-state index < -0.39 is 0 Å². The van der Waals surface area contributed by atoms with Crippen LogP contribution in [0.2, 0.25) is 0 Å². The van der Waals surface area contributed by atoms with E-state index in [-0.39, 0.29) is 5.41 Å². The summed E-state index contributed by atoms with van der Waals surface area (Å²) in [5, 5.41) is 7.72. The van der Waals surface area contributed by atoms with Gasteiger partial charge in [0, 0.05) is 11.6 Å². The molecule has 2 heterocycles. The van der Waals surface area contributed by atoms with Crippen LogP contribution in [0.4, 0.5) is 0 Å². The van der Waals surface area contributed by atoms with Crippen molar-refractivity contribution in [3.63, 3.8) is 0 Å². The van der Waals surface area contributed by atoms with Crippen LogP contribution in [0.5, 0.6) is 0 Å². The van der Waals surface area contributed by atoms with Gasteiger partial charge in [-0.1, -0.05) is 20.8 Å². The van der Waals surface area contributed by atoms with Crippen LogP contribution in [-0.2, 0) is 5.41 Å². The minimum atomic E-state index is -0.00128. The summed E-state index contributed by atoms with van der Waals surface area (Å²) in [7, 11) is 0. The van der Waals surface area contributed by atoms with Gasteiger partial charge in [-0.3, -0.25) is 4.98 Å². The van der Waals surface area contributed by atoms with Gasteiger partial charge in [-0.2, -0.15) is 5.10 Å². The molecule has 0 aliphatic carbocycles. The minimum absolute atomic E-state index is 0.00128. The average molecular weight is 188 g/mol. The van der Waals surface area contributed by atoms with Gasteiger partial charge in [0.25, 0.3) is 0 Å². The number of hydrogen-bond donors (Lipinski definition) is 0. The highest BCUT2D eigenvalue weighted by Gasteiger charge is 2.16. The Hall–Kier alpha value is -1.58. The van der Waals surface area contributed by atoms with E-state index in [1.807, 2.05) is 6.07 Å². The van der Waals surface area contributed by atoms with Crippen molar-refractivity contribution in [2.45, 2.75) is 26.2 Å². The van der Waals surface area contributed by atoms with Crippen molar-refractivity contribution in [1.29, 1.82) is 0 Å². The van der Waals surface area contributed by atoms with Crippen molar-refractivity contribution in [1.82, 2.24) is 20.2 Å². The van der Waals surface area contributed by atoms with Crippen LogP contribution >= 0.6 is 0 Å². The Bertz CT molecular complexity index is 459. The second-order valence-corrected chi connectivity index (χ2v) is 4.25. The third-order valence-corrected chi connectivity index (χ3v) is 2.00. The molecule has 4 nitrogen and oxygen atoms in total. The Labute approximate surface area is 82.4 Å². The van der Waals surface area contributed by atoms with Crippen molar-refractivity contribution in [3.05, 3.63) is 24.2 Å². The Kier molecular flexibility index (Phi) is 1.91. The molecular formula is C10H12N4. The van der Waals surface area contributed by atoms with Crippen LogP contribution < -0.4 is 0 Å². The van der Waals surface area contributed by atoms with Gasteiger partial charge >= 0.3 is 0 Å². The van der Waals surface area contributed by atoms with E-state index in [1.54, 1.807) is 12.4 Å². The van der Waals surface area contributed by atoms with Crippen molar-refractivity contribution in [2.24, 2.45) is 0 Å². The van der Waals surface area contributed by atoms with Crippen molar-refractivity contribution < 1.29 is 0 Å². The number of rotatable bonds is 0. The SMILES string of the molecule is CC(C)(C)c1cnc2ccnnc2n1. The summed E-state index contributed by atoms with van der Waals surface area (Å²) in [6.45, 7) is 6.29. The van der Waals surface area contributed by atoms with E-state index in [4.69, 9.17) is 0 Å². The third kappa shape index (κ3) is 1.55. The third-order valence-electron chi connectivity index (χ3n) is 2.00. The Morgan fingerprint density at radius 1 is 1.21 bits per heavy atom. The standard InChI is InChI=1S/C10H12N4/c1-10(2,3)8-6-11-7-4-5-12-14-9(7)13-8/h4-6H,1-3H3. The summed E-state index contributed by atoms with van der Waals surface area (Å²) in [6.07, 6.45) is 3.41. The topological polar surface area (TPSA) is 51.6 Å². The van der Waals surface area contributed by atoms with Crippen LogP contribution in [-0.4, -0.2) is 20.2 Å². The highest BCUT2D eigenvalue weighted by atomic mass is 15.1. The molecule has 72 valence electrons. The van der Waals surface area contributed by atoms with E-state index in [1.165, 1.54) is 0 Å². The van der Waals surface area contributed by atoms with Crippen molar-refractivity contribution in [2.75, 3.05) is 0 Å². The van der Waals surface area contributed by atoms with Crippen LogP contribution in [0.15, 0.2) is 18.5 Å². The molecule has 2 aromatic heterocycles. The largest absolute Gasteiger partial charge is 0.251 e. The molecule has 2 rings (SSSR count). The maximum Gasteiger partial charge on any atom is 0.200 e. The fraction of sp³-hybridized carbons (Fsp3) is 0.400. The van der Waals surface area contributed by atoms with Gasteiger partial charge in [0.05, 0.1) is 11.9 Å². The lowest BCUT2D eigenvalue weighted by atomic mass is 9.93. The lowest BCUT2D eigenvalue weighted by molar-refractivity contribution is 0.568. The van der Waals surface area contributed by atoms with Crippen LogP contribution in [0, 0.1) is 0 Å². The van der Waals surface area contributed by atoms with Gasteiger partial charge in [0.2, 0.25) is 5.65 Å². The molecule has 0 bridgehead atoms. The average Bonchev–Trinajstić information content (AvgIpc) is 2.16. The zero-order valence-electron chi connectivity index (χ0n) is 8.52. The molecule has 14 heavy (non-hydrogen) atoms. The summed E-state index contributed by atoms with van der Waals surface area (Å²) in [5.41, 5.74) is 2.33. The van der Waals surface area contributed by atoms with E-state index in [2.05, 4.69) is 40.9 Å². The van der Waals surface area contributed by atoms with E-state index >= 15 is 0 Å². The predicted octanol–water partition coefficient (Wildman–Crippen LogP) is 1.72. The lowest BCUT2D eigenvalue weighted by Crippen LogP contribution is -2.14. The molecule has 0 unspecified atom stereocenters. The minimum Gasteiger partial charge on any atom is -0.251 e. The fourth-order valence-electron chi connectivity index (χ4n) is 1.13. The summed E-state index contributed by atoms with van der Waals surface area (Å²) < 4.78 is 0. The second-order valence-electron chi connectivity index (χ2n) is 4.25. The number of nitrogens with zero attached hydrogens (tertiary/aromatic N) is 4. The fourth-order valence-corrected chi connectivity index (χ4v) is 1.13. The first-order valence-electron chi connectivity index (χ1n) is 4.52. The lowest BCUT2D eigenvalue weighted by Gasteiger charge is -2.16. The van der Waals surface area contributed by atoms with Crippen LogP contribution in [0.25, 0.3) is 11.2 Å². The maximum absolute atomic E-state index is 4.41. The smallest absolute Gasteiger partial charge is 0.200 e. The molecule has 0 saturated carbocycles. The maximum atomic E-state index is 4.41. The molecule has 0 spiro atoms. The van der Waals surface area contributed by atoms with Gasteiger partial charge in [-0.15, -0.1) is 5.10 Å². The molecule has 2 aromatic rings. The van der Waals surface area contributed by atoms with Gasteiger partial charge < -0.3 is 0 Å². The normalized spacial score (nSPS) is 11.9. The van der Waals surface area contributed by atoms with Crippen molar-refractivity contribution >= 4 is 11.2 Å². The molecular weight excluding hydrogens is 176 g/mol. The molecule has 0 N–H and O–H groups in total. The number of fused-ring (bicyclic) bond motifs is 1. The molecule has 0 amide bonds. The zero-order valence-corrected chi connectivity index (χ0v) is 8.52. The molecule has 0 aliphatic heterocycles. The first-order valence-corrected chi connectivity index (χ1v) is 4.52. The highest BCUT2D eigenvalue weighted by Crippen LogP contribution is 2.19. The Morgan fingerprint density at radius 3 is 2.71 bits per heavy atom. The first kappa shape index (κ1) is 8.99. The van der Waals surface area contributed by atoms with Crippen molar-refractivity contribution in [3.8, 4) is 0 Å². The van der Waals surface area contributed by atoms with Crippen LogP contribution in [0.3, 0.4) is 0 Å². The first-order chi connectivity index (χ1) is 6.57. The van der Waals surface area contributed by atoms with E-state index in [0.717, 1.165) is 11.2 Å². The Balaban J connectivity index is 2.63. The predicted molar refractivity (Wildman–Crippen MR) is 53.8 cm³/mol. The molecule has 0 atom stereocenters. The quantitative estimate of drug-likeness (QED) is 0.631. The highest BCUT2D eigenvalue weighted by molar-refractivity contribution is 5.67. The zero-order chi connectivity index (χ0) is 10.2. The summed E-state index contributed by atoms with van der Waals surface area (Å²) >= 11 is 0. The molecule has 4 heteroatoms. The molecule has 0 fully saturated rings. The molecule has 0 saturated heterocycles. The van der Waals surface area contributed by atoms with Crippen LogP contribution in [0.1, 0.15) is 26.5 Å². The van der Waals surface area contributed by atoms with E-state index in [9.17, 15) is 0 Å². The summed E-state index contributed by atoms with van der Waals surface area (Å²) in [4.78, 5) is 8.69. The van der Waals surface area contributed by atoms with Gasteiger partial charge in [-0.05, 0) is 6.07 Å². The molecule has 0 aliphatic rings. The monoisotopic (exact) mass is 188 g/mol. The summed E-state index contributed by atoms with van der Waals surface area (Å²) in [5.74, 6) is 0. The second kappa shape index (κ2) is 2.97. The van der Waals surface area contributed by atoms with Gasteiger partial charge in [-0.25, -0.2) is 4.98 Å². The molecule has 0 aromatic carbocycles. The van der Waals surface area contributed by atoms with E-state index in [0.29, 0.717) is 5.65 Å². The summed E-state index contributed by atoms with van der Waals surface area (Å²) in [6, 6.07) is 1.81. The van der Waals surface area contributed by atoms with Gasteiger partial charge in [0.1, 0.15) is 5.52 Å². The Morgan fingerprint density at radius 2 is 2.00 bits per heavy atom. The number of hydrogen-bond acceptors (Lipinski definition) is 4. The number of aromatic nitrogens is 4.